The summed E-state index contributed by atoms with van der Waals surface area (Å²) in [7, 11) is -3.78. The van der Waals surface area contributed by atoms with Gasteiger partial charge in [-0.05, 0) is 34.9 Å². The second-order valence-corrected chi connectivity index (χ2v) is 9.71. The highest BCUT2D eigenvalue weighted by molar-refractivity contribution is 7.95. The summed E-state index contributed by atoms with van der Waals surface area (Å²) in [5.74, 6) is 0. The van der Waals surface area contributed by atoms with E-state index in [0.717, 1.165) is 0 Å². The van der Waals surface area contributed by atoms with Crippen molar-refractivity contribution in [3.63, 3.8) is 0 Å². The Bertz CT molecular complexity index is 1030. The third kappa shape index (κ3) is 6.72. The van der Waals surface area contributed by atoms with Crippen molar-refractivity contribution in [2.45, 2.75) is 37.1 Å². The minimum absolute atomic E-state index is 0.686. The molecule has 38 heavy (non-hydrogen) atoms. The van der Waals surface area contributed by atoms with Gasteiger partial charge in [-0.1, -0.05) is 11.2 Å². The molecule has 0 aromatic heterocycles. The average Bonchev–Trinajstić information content (AvgIpc) is 2.67. The number of benzene rings is 2. The predicted octanol–water partition coefficient (Wildman–Crippen LogP) is 9.39. The largest absolute Gasteiger partial charge is 0.417 e. The van der Waals surface area contributed by atoms with Crippen LogP contribution in [0.1, 0.15) is 33.4 Å². The van der Waals surface area contributed by atoms with E-state index < -0.39 is 113 Å². The van der Waals surface area contributed by atoms with Gasteiger partial charge in [0.15, 0.2) is 0 Å². The van der Waals surface area contributed by atoms with Crippen LogP contribution < -0.4 is 10.6 Å². The van der Waals surface area contributed by atoms with Crippen LogP contribution in [0.2, 0.25) is 0 Å². The molecule has 2 rings (SSSR count). The van der Waals surface area contributed by atoms with E-state index in [1.54, 1.807) is 0 Å². The highest BCUT2D eigenvalue weighted by Gasteiger charge is 2.52. The smallest absolute Gasteiger partial charge is 0.166 e. The minimum Gasteiger partial charge on any atom is -0.166 e. The maximum absolute atomic E-state index is 13.3. The van der Waals surface area contributed by atoms with Crippen LogP contribution >= 0.6 is 18.5 Å². The number of hydrogen-bond donors (Lipinski definition) is 0. The van der Waals surface area contributed by atoms with Gasteiger partial charge in [-0.3, -0.25) is 0 Å². The van der Waals surface area contributed by atoms with Gasteiger partial charge < -0.3 is 0 Å². The van der Waals surface area contributed by atoms with Gasteiger partial charge in [0.05, 0.1) is 40.7 Å². The van der Waals surface area contributed by atoms with Gasteiger partial charge in [0, 0.05) is 0 Å². The van der Waals surface area contributed by atoms with Crippen molar-refractivity contribution in [1.82, 2.24) is 0 Å². The van der Waals surface area contributed by atoms with E-state index in [9.17, 15) is 79.0 Å². The van der Waals surface area contributed by atoms with E-state index in [1.165, 1.54) is 0 Å². The molecule has 0 spiro atoms. The molecule has 0 atom stereocenters. The molecule has 0 aliphatic carbocycles. The molecule has 0 unspecified atom stereocenters. The summed E-state index contributed by atoms with van der Waals surface area (Å²) in [4.78, 5) is 0. The zero-order chi connectivity index (χ0) is 30.0. The molecule has 0 N–H and O–H groups in total. The van der Waals surface area contributed by atoms with Crippen molar-refractivity contribution in [2.24, 2.45) is 0 Å². The molecule has 2 aromatic rings. The van der Waals surface area contributed by atoms with Crippen LogP contribution in [0.25, 0.3) is 0 Å². The van der Waals surface area contributed by atoms with Crippen molar-refractivity contribution in [1.29, 1.82) is 0 Å². The lowest BCUT2D eigenvalue weighted by Gasteiger charge is -2.25. The molecule has 214 valence electrons. The third-order valence-corrected chi connectivity index (χ3v) is 7.08. The fraction of sp³-hybridized carbons (Fsp3) is 0.333. The maximum Gasteiger partial charge on any atom is 0.417 e. The first-order valence-corrected chi connectivity index (χ1v) is 11.1. The van der Waals surface area contributed by atoms with Crippen molar-refractivity contribution in [2.75, 3.05) is 0 Å². The van der Waals surface area contributed by atoms with Gasteiger partial charge in [-0.25, -0.2) is 0 Å². The Balaban J connectivity index is 3.04. The second-order valence-electron chi connectivity index (χ2n) is 7.10. The SMILES string of the molecule is FC(F)(F)c1cc(P(Cl)c2cc(C(F)(F)F)c(C(F)(F)F)c(C(F)(F)F)c2)cc(C(F)(F)F)c1C(F)(F)F. The quantitative estimate of drug-likeness (QED) is 0.230. The van der Waals surface area contributed by atoms with Gasteiger partial charge in [-0.2, -0.15) is 79.0 Å². The van der Waals surface area contributed by atoms with E-state index in [4.69, 9.17) is 11.2 Å². The molecule has 0 radical (unpaired) electrons. The highest BCUT2D eigenvalue weighted by atomic mass is 35.7. The Kier molecular flexibility index (Phi) is 8.05. The lowest BCUT2D eigenvalue weighted by molar-refractivity contribution is -0.174. The van der Waals surface area contributed by atoms with E-state index in [-0.39, 0.29) is 0 Å². The topological polar surface area (TPSA) is 0 Å². The second kappa shape index (κ2) is 9.52. The average molecular weight is 629 g/mol. The van der Waals surface area contributed by atoms with Crippen molar-refractivity contribution >= 4 is 29.1 Å². The Morgan fingerprint density at radius 1 is 0.368 bits per heavy atom. The Labute approximate surface area is 203 Å². The van der Waals surface area contributed by atoms with Crippen molar-refractivity contribution in [3.05, 3.63) is 57.6 Å². The molecule has 0 fully saturated rings. The molecule has 20 heteroatoms. The Morgan fingerprint density at radius 2 is 0.553 bits per heavy atom. The first-order chi connectivity index (χ1) is 16.6. The van der Waals surface area contributed by atoms with Crippen LogP contribution in [-0.4, -0.2) is 0 Å². The zero-order valence-electron chi connectivity index (χ0n) is 16.9. The summed E-state index contributed by atoms with van der Waals surface area (Å²) in [6, 6.07) is -2.74. The molecule has 0 nitrogen and oxygen atoms in total. The van der Waals surface area contributed by atoms with Crippen molar-refractivity contribution in [3.8, 4) is 0 Å². The first-order valence-electron chi connectivity index (χ1n) is 8.83. The molecule has 0 aliphatic rings. The lowest BCUT2D eigenvalue weighted by Crippen LogP contribution is -2.28. The van der Waals surface area contributed by atoms with E-state index in [1.807, 2.05) is 0 Å². The number of alkyl halides is 18. The Hall–Kier alpha value is -2.10. The summed E-state index contributed by atoms with van der Waals surface area (Å²) in [6.07, 6.45) is -37.5. The number of rotatable bonds is 2. The zero-order valence-corrected chi connectivity index (χ0v) is 18.6. The highest BCUT2D eigenvalue weighted by Crippen LogP contribution is 2.52. The summed E-state index contributed by atoms with van der Waals surface area (Å²) in [5.41, 5.74) is -18.7. The molecule has 0 saturated heterocycles. The molecular weight excluding hydrogens is 625 g/mol. The summed E-state index contributed by atoms with van der Waals surface area (Å²) >= 11 is 5.59. The predicted molar refractivity (Wildman–Crippen MR) is 94.9 cm³/mol. The molecule has 0 aliphatic heterocycles. The van der Waals surface area contributed by atoms with Crippen LogP contribution in [0.4, 0.5) is 79.0 Å². The van der Waals surface area contributed by atoms with E-state index in [0.29, 0.717) is 0 Å². The first kappa shape index (κ1) is 32.1. The molecule has 0 amide bonds. The van der Waals surface area contributed by atoms with Gasteiger partial charge in [0.25, 0.3) is 0 Å². The Morgan fingerprint density at radius 3 is 0.684 bits per heavy atom. The standard InChI is InChI=1S/C18H4ClF18P/c19-38(5-1-7(13(20,21)22)11(17(32,33)34)8(2-5)14(23,24)25)6-3-9(15(26,27)28)12(18(35,36)37)10(4-6)16(29,30)31/h1-4H. The van der Waals surface area contributed by atoms with Gasteiger partial charge in [-0.15, -0.1) is 0 Å². The van der Waals surface area contributed by atoms with Gasteiger partial charge >= 0.3 is 37.1 Å². The molecule has 0 bridgehead atoms. The van der Waals surface area contributed by atoms with Crippen LogP contribution in [0.3, 0.4) is 0 Å². The van der Waals surface area contributed by atoms with Crippen LogP contribution in [-0.2, 0) is 37.1 Å². The normalized spacial score (nSPS) is 14.4. The van der Waals surface area contributed by atoms with E-state index in [2.05, 4.69) is 0 Å². The lowest BCUT2D eigenvalue weighted by atomic mass is 9.99. The monoisotopic (exact) mass is 628 g/mol. The van der Waals surface area contributed by atoms with Crippen LogP contribution in [0.5, 0.6) is 0 Å². The fourth-order valence-electron chi connectivity index (χ4n) is 3.13. The summed E-state index contributed by atoms with van der Waals surface area (Å²) in [5, 5.41) is -3.37. The summed E-state index contributed by atoms with van der Waals surface area (Å²) < 4.78 is 238. The van der Waals surface area contributed by atoms with E-state index >= 15 is 0 Å². The molecule has 2 aromatic carbocycles. The number of hydrogen-bond acceptors (Lipinski definition) is 0. The summed E-state index contributed by atoms with van der Waals surface area (Å²) in [6.45, 7) is 0. The molecule has 0 heterocycles. The minimum atomic E-state index is -6.31. The van der Waals surface area contributed by atoms with Gasteiger partial charge in [0.2, 0.25) is 0 Å². The van der Waals surface area contributed by atoms with Crippen molar-refractivity contribution < 1.29 is 79.0 Å². The molecule has 0 saturated carbocycles. The van der Waals surface area contributed by atoms with Gasteiger partial charge in [0.1, 0.15) is 0 Å². The third-order valence-electron chi connectivity index (χ3n) is 4.49. The number of halogens is 19. The van der Waals surface area contributed by atoms with Crippen LogP contribution in [0.15, 0.2) is 24.3 Å². The fourth-order valence-corrected chi connectivity index (χ4v) is 4.99. The molecular formula is C18H4ClF18P. The maximum atomic E-state index is 13.3. The van der Waals surface area contributed by atoms with Crippen LogP contribution in [0, 0.1) is 0 Å².